The minimum Gasteiger partial charge on any atom is -0.345 e. The molecule has 0 atom stereocenters. The van der Waals surface area contributed by atoms with Crippen LogP contribution in [0.25, 0.3) is 10.4 Å². The van der Waals surface area contributed by atoms with E-state index in [-0.39, 0.29) is 18.2 Å². The van der Waals surface area contributed by atoms with Crippen molar-refractivity contribution in [2.24, 2.45) is 5.11 Å². The zero-order valence-corrected chi connectivity index (χ0v) is 8.67. The Morgan fingerprint density at radius 1 is 1.31 bits per heavy atom. The summed E-state index contributed by atoms with van der Waals surface area (Å²) in [5.41, 5.74) is 8.34. The van der Waals surface area contributed by atoms with Gasteiger partial charge in [0.05, 0.1) is 12.1 Å². The third kappa shape index (κ3) is 2.59. The van der Waals surface area contributed by atoms with E-state index >= 15 is 0 Å². The maximum Gasteiger partial charge on any atom is 0.252 e. The number of carbonyl (C=O) groups is 2. The Kier molecular flexibility index (Phi) is 4.06. The fourth-order valence-corrected chi connectivity index (χ4v) is 1.28. The normalized spacial score (nSPS) is 12.6. The van der Waals surface area contributed by atoms with E-state index in [1.807, 2.05) is 0 Å². The number of carbonyl (C=O) groups excluding carboxylic acids is 2. The summed E-state index contributed by atoms with van der Waals surface area (Å²) in [6.07, 6.45) is 0. The highest BCUT2D eigenvalue weighted by atomic mass is 16.2. The third-order valence-electron chi connectivity index (χ3n) is 1.97. The Bertz CT molecular complexity index is 429. The van der Waals surface area contributed by atoms with Crippen LogP contribution in [0.4, 0.5) is 0 Å². The van der Waals surface area contributed by atoms with Gasteiger partial charge in [-0.25, -0.2) is 0 Å². The zero-order chi connectivity index (χ0) is 12.0. The molecule has 0 spiro atoms. The van der Waals surface area contributed by atoms with E-state index in [0.717, 1.165) is 0 Å². The number of hydrogen-bond acceptors (Lipinski definition) is 3. The van der Waals surface area contributed by atoms with Gasteiger partial charge in [0.1, 0.15) is 0 Å². The van der Waals surface area contributed by atoms with Crippen molar-refractivity contribution in [1.82, 2.24) is 5.32 Å². The lowest BCUT2D eigenvalue weighted by Crippen LogP contribution is -2.36. The molecule has 0 aromatic heterocycles. The number of fused-ring (bicyclic) bond motifs is 1. The monoisotopic (exact) mass is 218 g/mol. The van der Waals surface area contributed by atoms with Crippen LogP contribution >= 0.6 is 0 Å². The van der Waals surface area contributed by atoms with Crippen molar-refractivity contribution < 1.29 is 9.59 Å². The quantitative estimate of drug-likeness (QED) is 0.406. The number of azide groups is 1. The number of nitrogens with one attached hydrogen (secondary N) is 1. The minimum atomic E-state index is -0.162. The van der Waals surface area contributed by atoms with Gasteiger partial charge in [0.2, 0.25) is 0 Å². The fourth-order valence-electron chi connectivity index (χ4n) is 1.28. The van der Waals surface area contributed by atoms with Crippen molar-refractivity contribution in [2.75, 3.05) is 13.6 Å². The first-order valence-electron chi connectivity index (χ1n) is 4.54. The van der Waals surface area contributed by atoms with Gasteiger partial charge < -0.3 is 5.32 Å². The lowest BCUT2D eigenvalue weighted by molar-refractivity contribution is 0.0877. The third-order valence-corrected chi connectivity index (χ3v) is 1.97. The van der Waals surface area contributed by atoms with Crippen LogP contribution in [0.1, 0.15) is 20.7 Å². The number of rotatable bonds is 0. The van der Waals surface area contributed by atoms with Gasteiger partial charge in [-0.1, -0.05) is 23.3 Å². The van der Waals surface area contributed by atoms with Crippen LogP contribution in [0, 0.1) is 0 Å². The summed E-state index contributed by atoms with van der Waals surface area (Å²) in [4.78, 5) is 24.7. The number of Topliss-reactive ketones (excluding diaryl/α,β-unsaturated/α-hetero) is 1. The van der Waals surface area contributed by atoms with Crippen molar-refractivity contribution in [3.05, 3.63) is 45.8 Å². The summed E-state index contributed by atoms with van der Waals surface area (Å²) < 4.78 is 0. The van der Waals surface area contributed by atoms with Gasteiger partial charge in [-0.05, 0) is 11.6 Å². The minimum absolute atomic E-state index is 0.0230. The second-order valence-corrected chi connectivity index (χ2v) is 2.94. The molecule has 1 N–H and O–H groups in total. The van der Waals surface area contributed by atoms with E-state index in [1.54, 1.807) is 24.3 Å². The molecule has 0 radical (unpaired) electrons. The Hall–Kier alpha value is -2.33. The molecule has 1 amide bonds. The summed E-state index contributed by atoms with van der Waals surface area (Å²) in [6, 6.07) is 6.84. The molecule has 16 heavy (non-hydrogen) atoms. The average Bonchev–Trinajstić information content (AvgIpc) is 2.35. The largest absolute Gasteiger partial charge is 0.345 e. The van der Waals surface area contributed by atoms with Crippen molar-refractivity contribution in [2.45, 2.75) is 0 Å². The molecule has 0 unspecified atom stereocenters. The molecule has 2 rings (SSSR count). The Morgan fingerprint density at radius 3 is 2.38 bits per heavy atom. The Balaban J connectivity index is 0.000000280. The molecule has 0 saturated carbocycles. The highest BCUT2D eigenvalue weighted by Gasteiger charge is 2.21. The maximum absolute atomic E-state index is 11.2. The smallest absolute Gasteiger partial charge is 0.252 e. The molecule has 1 aliphatic rings. The highest BCUT2D eigenvalue weighted by Crippen LogP contribution is 2.12. The standard InChI is InChI=1S/C9H7NO2.CH3N3/c11-8-5-10-9(12)7-4-2-1-3-6(7)8;1-3-4-2/h1-4H,5H2,(H,10,12);1H3. The van der Waals surface area contributed by atoms with Crippen molar-refractivity contribution in [3.63, 3.8) is 0 Å². The molecule has 0 aliphatic carbocycles. The summed E-state index contributed by atoms with van der Waals surface area (Å²) >= 11 is 0. The molecule has 0 fully saturated rings. The summed E-state index contributed by atoms with van der Waals surface area (Å²) in [5, 5.41) is 5.42. The van der Waals surface area contributed by atoms with E-state index in [0.29, 0.717) is 11.1 Å². The van der Waals surface area contributed by atoms with Crippen LogP contribution in [0.15, 0.2) is 29.4 Å². The van der Waals surface area contributed by atoms with E-state index in [1.165, 1.54) is 7.05 Å². The summed E-state index contributed by atoms with van der Waals surface area (Å²) in [5.74, 6) is -0.185. The maximum atomic E-state index is 11.2. The zero-order valence-electron chi connectivity index (χ0n) is 8.67. The first-order valence-corrected chi connectivity index (χ1v) is 4.54. The molecular weight excluding hydrogens is 208 g/mol. The van der Waals surface area contributed by atoms with Crippen LogP contribution in [-0.2, 0) is 0 Å². The number of ketones is 1. The van der Waals surface area contributed by atoms with Crippen molar-refractivity contribution >= 4 is 11.7 Å². The molecule has 0 bridgehead atoms. The molecule has 6 heteroatoms. The van der Waals surface area contributed by atoms with E-state index in [4.69, 9.17) is 5.53 Å². The number of amides is 1. The second-order valence-electron chi connectivity index (χ2n) is 2.94. The molecule has 1 aromatic rings. The molecular formula is C10H10N4O2. The van der Waals surface area contributed by atoms with Crippen molar-refractivity contribution in [3.8, 4) is 0 Å². The van der Waals surface area contributed by atoms with E-state index in [9.17, 15) is 9.59 Å². The predicted molar refractivity (Wildman–Crippen MR) is 58.2 cm³/mol. The Labute approximate surface area is 91.9 Å². The summed E-state index contributed by atoms with van der Waals surface area (Å²) in [6.45, 7) is 0.121. The van der Waals surface area contributed by atoms with Crippen molar-refractivity contribution in [1.29, 1.82) is 0 Å². The average molecular weight is 218 g/mol. The number of hydrogen-bond donors (Lipinski definition) is 1. The van der Waals surface area contributed by atoms with E-state index < -0.39 is 0 Å². The van der Waals surface area contributed by atoms with Gasteiger partial charge in [0.25, 0.3) is 5.91 Å². The molecule has 6 nitrogen and oxygen atoms in total. The van der Waals surface area contributed by atoms with Crippen LogP contribution < -0.4 is 5.32 Å². The predicted octanol–water partition coefficient (Wildman–Crippen LogP) is 1.54. The van der Waals surface area contributed by atoms with Gasteiger partial charge in [-0.15, -0.1) is 0 Å². The molecule has 0 saturated heterocycles. The lowest BCUT2D eigenvalue weighted by Gasteiger charge is -2.13. The van der Waals surface area contributed by atoms with Crippen LogP contribution in [-0.4, -0.2) is 25.3 Å². The van der Waals surface area contributed by atoms with Crippen LogP contribution in [0.3, 0.4) is 0 Å². The van der Waals surface area contributed by atoms with Gasteiger partial charge >= 0.3 is 0 Å². The first-order chi connectivity index (χ1) is 7.70. The van der Waals surface area contributed by atoms with Gasteiger partial charge in [0.15, 0.2) is 5.78 Å². The highest BCUT2D eigenvalue weighted by molar-refractivity contribution is 6.13. The van der Waals surface area contributed by atoms with Gasteiger partial charge in [-0.3, -0.25) is 9.59 Å². The Morgan fingerprint density at radius 2 is 1.88 bits per heavy atom. The van der Waals surface area contributed by atoms with Crippen LogP contribution in [0.5, 0.6) is 0 Å². The van der Waals surface area contributed by atoms with Gasteiger partial charge in [-0.2, -0.15) is 0 Å². The molecule has 82 valence electrons. The lowest BCUT2D eigenvalue weighted by atomic mass is 10.00. The fraction of sp³-hybridized carbons (Fsp3) is 0.200. The van der Waals surface area contributed by atoms with Gasteiger partial charge in [0, 0.05) is 17.5 Å². The SMILES string of the molecule is CN=[N+]=[N-].O=C1CNC(=O)c2ccccc21. The molecule has 1 heterocycles. The van der Waals surface area contributed by atoms with E-state index in [2.05, 4.69) is 15.3 Å². The van der Waals surface area contributed by atoms with Crippen LogP contribution in [0.2, 0.25) is 0 Å². The number of benzene rings is 1. The second kappa shape index (κ2) is 5.53. The topological polar surface area (TPSA) is 94.9 Å². The first kappa shape index (κ1) is 11.7. The molecule has 1 aliphatic heterocycles. The molecule has 1 aromatic carbocycles. The summed E-state index contributed by atoms with van der Waals surface area (Å²) in [7, 11) is 1.39. The number of nitrogens with zero attached hydrogens (tertiary/aromatic N) is 3.